The third-order valence-corrected chi connectivity index (χ3v) is 2.60. The van der Waals surface area contributed by atoms with E-state index < -0.39 is 0 Å². The lowest BCUT2D eigenvalue weighted by atomic mass is 10.2. The smallest absolute Gasteiger partial charge is 0.0525 e. The van der Waals surface area contributed by atoms with Crippen molar-refractivity contribution in [3.63, 3.8) is 0 Å². The molecule has 1 N–H and O–H groups in total. The number of hydrogen-bond donors (Lipinski definition) is 1. The topological polar surface area (TPSA) is 20.2 Å². The summed E-state index contributed by atoms with van der Waals surface area (Å²) < 4.78 is 0. The molecule has 0 aromatic heterocycles. The van der Waals surface area contributed by atoms with Gasteiger partial charge < -0.3 is 5.11 Å². The third-order valence-electron chi connectivity index (χ3n) is 1.44. The van der Waals surface area contributed by atoms with E-state index in [9.17, 15) is 0 Å². The molecule has 0 heterocycles. The number of rotatable bonds is 3. The zero-order chi connectivity index (χ0) is 8.10. The number of aryl methyl sites for hydroxylation is 1. The van der Waals surface area contributed by atoms with Crippen molar-refractivity contribution in [1.82, 2.24) is 0 Å². The second-order valence-corrected chi connectivity index (χ2v) is 3.47. The van der Waals surface area contributed by atoms with E-state index in [0.717, 1.165) is 5.75 Å². The van der Waals surface area contributed by atoms with Gasteiger partial charge in [-0.15, -0.1) is 11.8 Å². The van der Waals surface area contributed by atoms with Gasteiger partial charge in [-0.1, -0.05) is 18.2 Å². The lowest BCUT2D eigenvalue weighted by Crippen LogP contribution is -1.86. The van der Waals surface area contributed by atoms with Crippen LogP contribution >= 0.6 is 11.8 Å². The van der Waals surface area contributed by atoms with Crippen molar-refractivity contribution >= 4 is 11.8 Å². The summed E-state index contributed by atoms with van der Waals surface area (Å²) >= 11 is 1.70. The molecule has 0 aliphatic carbocycles. The first-order valence-electron chi connectivity index (χ1n) is 3.64. The standard InChI is InChI=1S/C9H12OS/c1-8-4-2-3-5-9(8)11-7-6-10/h2-5,10H,6-7H2,1H3. The van der Waals surface area contributed by atoms with Gasteiger partial charge in [0.2, 0.25) is 0 Å². The minimum atomic E-state index is 0.249. The summed E-state index contributed by atoms with van der Waals surface area (Å²) in [6, 6.07) is 8.21. The van der Waals surface area contributed by atoms with E-state index in [1.165, 1.54) is 10.5 Å². The molecule has 1 rings (SSSR count). The Morgan fingerprint density at radius 2 is 2.09 bits per heavy atom. The normalized spacial score (nSPS) is 10.0. The van der Waals surface area contributed by atoms with Crippen LogP contribution in [0.2, 0.25) is 0 Å². The first-order valence-corrected chi connectivity index (χ1v) is 4.62. The summed E-state index contributed by atoms with van der Waals surface area (Å²) in [5.74, 6) is 0.783. The first kappa shape index (κ1) is 8.62. The van der Waals surface area contributed by atoms with Gasteiger partial charge in [-0.05, 0) is 18.6 Å². The van der Waals surface area contributed by atoms with E-state index in [4.69, 9.17) is 5.11 Å². The number of hydrogen-bond acceptors (Lipinski definition) is 2. The monoisotopic (exact) mass is 168 g/mol. The van der Waals surface area contributed by atoms with Crippen LogP contribution in [0, 0.1) is 6.92 Å². The van der Waals surface area contributed by atoms with Crippen LogP contribution in [0.15, 0.2) is 29.2 Å². The molecule has 11 heavy (non-hydrogen) atoms. The maximum absolute atomic E-state index is 8.60. The van der Waals surface area contributed by atoms with Crippen LogP contribution in [0.1, 0.15) is 5.56 Å². The van der Waals surface area contributed by atoms with Crippen molar-refractivity contribution in [2.75, 3.05) is 12.4 Å². The molecule has 0 atom stereocenters. The van der Waals surface area contributed by atoms with Gasteiger partial charge in [-0.3, -0.25) is 0 Å². The molecule has 0 spiro atoms. The number of benzene rings is 1. The Bertz CT molecular complexity index is 223. The van der Waals surface area contributed by atoms with Gasteiger partial charge in [-0.25, -0.2) is 0 Å². The highest BCUT2D eigenvalue weighted by Gasteiger charge is 1.95. The van der Waals surface area contributed by atoms with Crippen LogP contribution in [0.3, 0.4) is 0 Å². The molecule has 1 aromatic carbocycles. The average molecular weight is 168 g/mol. The molecule has 0 unspecified atom stereocenters. The first-order chi connectivity index (χ1) is 5.34. The molecule has 1 aromatic rings. The van der Waals surface area contributed by atoms with Crippen molar-refractivity contribution in [3.8, 4) is 0 Å². The van der Waals surface area contributed by atoms with Gasteiger partial charge in [0.15, 0.2) is 0 Å². The Balaban J connectivity index is 2.62. The van der Waals surface area contributed by atoms with Crippen molar-refractivity contribution < 1.29 is 5.11 Å². The fourth-order valence-electron chi connectivity index (χ4n) is 0.874. The third kappa shape index (κ3) is 2.56. The second kappa shape index (κ2) is 4.42. The van der Waals surface area contributed by atoms with E-state index >= 15 is 0 Å². The molecule has 1 nitrogen and oxygen atoms in total. The molecule has 0 saturated heterocycles. The Kier molecular flexibility index (Phi) is 3.46. The van der Waals surface area contributed by atoms with Crippen LogP contribution < -0.4 is 0 Å². The van der Waals surface area contributed by atoms with Crippen molar-refractivity contribution in [3.05, 3.63) is 29.8 Å². The minimum absolute atomic E-state index is 0.249. The van der Waals surface area contributed by atoms with Crippen molar-refractivity contribution in [2.45, 2.75) is 11.8 Å². The van der Waals surface area contributed by atoms with E-state index in [-0.39, 0.29) is 6.61 Å². The number of aliphatic hydroxyl groups excluding tert-OH is 1. The Morgan fingerprint density at radius 3 is 2.73 bits per heavy atom. The van der Waals surface area contributed by atoms with E-state index in [1.54, 1.807) is 11.8 Å². The molecule has 0 bridgehead atoms. The average Bonchev–Trinajstić information content (AvgIpc) is 2.03. The Morgan fingerprint density at radius 1 is 1.36 bits per heavy atom. The van der Waals surface area contributed by atoms with Gasteiger partial charge in [0, 0.05) is 10.6 Å². The lowest BCUT2D eigenvalue weighted by Gasteiger charge is -2.01. The van der Waals surface area contributed by atoms with E-state index in [2.05, 4.69) is 19.1 Å². The molecule has 0 radical (unpaired) electrons. The van der Waals surface area contributed by atoms with Crippen molar-refractivity contribution in [2.24, 2.45) is 0 Å². The van der Waals surface area contributed by atoms with Crippen LogP contribution in [-0.4, -0.2) is 17.5 Å². The molecule has 0 aliphatic heterocycles. The van der Waals surface area contributed by atoms with Gasteiger partial charge in [-0.2, -0.15) is 0 Å². The fraction of sp³-hybridized carbons (Fsp3) is 0.333. The number of aliphatic hydroxyl groups is 1. The molecule has 0 amide bonds. The molecule has 0 saturated carbocycles. The quantitative estimate of drug-likeness (QED) is 0.697. The zero-order valence-electron chi connectivity index (χ0n) is 6.58. The molecular weight excluding hydrogens is 156 g/mol. The van der Waals surface area contributed by atoms with Gasteiger partial charge >= 0.3 is 0 Å². The molecule has 0 fully saturated rings. The van der Waals surface area contributed by atoms with Gasteiger partial charge in [0.1, 0.15) is 0 Å². The van der Waals surface area contributed by atoms with Gasteiger partial charge in [0.05, 0.1) is 6.61 Å². The van der Waals surface area contributed by atoms with Crippen LogP contribution in [0.5, 0.6) is 0 Å². The Labute approximate surface area is 71.4 Å². The highest BCUT2D eigenvalue weighted by atomic mass is 32.2. The van der Waals surface area contributed by atoms with E-state index in [1.807, 2.05) is 12.1 Å². The summed E-state index contributed by atoms with van der Waals surface area (Å²) in [4.78, 5) is 1.27. The maximum atomic E-state index is 8.60. The predicted molar refractivity (Wildman–Crippen MR) is 49.0 cm³/mol. The zero-order valence-corrected chi connectivity index (χ0v) is 7.40. The van der Waals surface area contributed by atoms with E-state index in [0.29, 0.717) is 0 Å². The summed E-state index contributed by atoms with van der Waals surface area (Å²) in [6.45, 7) is 2.33. The predicted octanol–water partition coefficient (Wildman–Crippen LogP) is 2.08. The fourth-order valence-corrected chi connectivity index (χ4v) is 1.66. The van der Waals surface area contributed by atoms with Crippen LogP contribution in [-0.2, 0) is 0 Å². The summed E-state index contributed by atoms with van der Waals surface area (Å²) in [7, 11) is 0. The molecule has 0 aliphatic rings. The highest BCUT2D eigenvalue weighted by Crippen LogP contribution is 2.20. The van der Waals surface area contributed by atoms with Gasteiger partial charge in [0.25, 0.3) is 0 Å². The van der Waals surface area contributed by atoms with Crippen LogP contribution in [0.4, 0.5) is 0 Å². The second-order valence-electron chi connectivity index (χ2n) is 2.34. The molecule has 2 heteroatoms. The maximum Gasteiger partial charge on any atom is 0.0525 e. The lowest BCUT2D eigenvalue weighted by molar-refractivity contribution is 0.322. The molecule has 60 valence electrons. The SMILES string of the molecule is Cc1ccccc1SCCO. The largest absolute Gasteiger partial charge is 0.396 e. The summed E-state index contributed by atoms with van der Waals surface area (Å²) in [6.07, 6.45) is 0. The number of thioether (sulfide) groups is 1. The molecular formula is C9H12OS. The Hall–Kier alpha value is -0.470. The minimum Gasteiger partial charge on any atom is -0.396 e. The van der Waals surface area contributed by atoms with Crippen molar-refractivity contribution in [1.29, 1.82) is 0 Å². The summed E-state index contributed by atoms with van der Waals surface area (Å²) in [5, 5.41) is 8.60. The summed E-state index contributed by atoms with van der Waals surface area (Å²) in [5.41, 5.74) is 1.28. The highest BCUT2D eigenvalue weighted by molar-refractivity contribution is 7.99. The van der Waals surface area contributed by atoms with Crippen LogP contribution in [0.25, 0.3) is 0 Å².